The molecule has 1 fully saturated rings. The van der Waals surface area contributed by atoms with Crippen molar-refractivity contribution >= 4 is 44.5 Å². The van der Waals surface area contributed by atoms with Crippen molar-refractivity contribution in [1.82, 2.24) is 25.6 Å². The minimum atomic E-state index is -0.330. The summed E-state index contributed by atoms with van der Waals surface area (Å²) in [5.41, 5.74) is 2.95. The normalized spacial score (nSPS) is 19.5. The molecule has 1 aliphatic heterocycles. The summed E-state index contributed by atoms with van der Waals surface area (Å²) >= 11 is 3.44. The third-order valence-electron chi connectivity index (χ3n) is 5.79. The van der Waals surface area contributed by atoms with Crippen LogP contribution < -0.4 is 20.7 Å². The molecule has 1 amide bonds. The van der Waals surface area contributed by atoms with E-state index in [0.29, 0.717) is 30.5 Å². The van der Waals surface area contributed by atoms with Crippen LogP contribution in [0.3, 0.4) is 0 Å². The minimum absolute atomic E-state index is 0.0823. The molecule has 9 nitrogen and oxygen atoms in total. The highest BCUT2D eigenvalue weighted by Crippen LogP contribution is 2.26. The third-order valence-corrected chi connectivity index (χ3v) is 6.31. The van der Waals surface area contributed by atoms with Crippen LogP contribution in [0.25, 0.3) is 11.0 Å². The summed E-state index contributed by atoms with van der Waals surface area (Å²) in [5.74, 6) is 1.07. The van der Waals surface area contributed by atoms with Crippen molar-refractivity contribution in [3.63, 3.8) is 0 Å². The number of benzene rings is 2. The molecule has 2 aromatic carbocycles. The van der Waals surface area contributed by atoms with E-state index < -0.39 is 0 Å². The summed E-state index contributed by atoms with van der Waals surface area (Å²) in [6.45, 7) is 1.01. The number of pyridine rings is 1. The standard InChI is InChI=1S/C25H25BrN6O3/c1-34-14-22-23(21(13-28-22)30-24(33)19-4-2-3-11-27-19)35-17-9-10-18-20(12-17)32-25(31-18)29-16-7-5-15(26)6-8-16/h2-12,21-23,28H,13-14H2,1H3,(H,30,33)(H2,29,31,32)/t21-,22-,23?/m1/s1. The number of nitrogens with one attached hydrogen (secondary N) is 4. The number of nitrogens with zero attached hydrogens (tertiary/aromatic N) is 2. The number of aromatic amines is 1. The van der Waals surface area contributed by atoms with Crippen molar-refractivity contribution in [2.45, 2.75) is 18.2 Å². The van der Waals surface area contributed by atoms with Crippen LogP contribution in [-0.4, -0.2) is 59.3 Å². The monoisotopic (exact) mass is 536 g/mol. The first-order valence-corrected chi connectivity index (χ1v) is 12.0. The van der Waals surface area contributed by atoms with E-state index >= 15 is 0 Å². The lowest BCUT2D eigenvalue weighted by molar-refractivity contribution is 0.0816. The van der Waals surface area contributed by atoms with Crippen LogP contribution in [0, 0.1) is 0 Å². The maximum Gasteiger partial charge on any atom is 0.270 e. The SMILES string of the molecule is COC[C@H]1NC[C@@H](NC(=O)c2ccccn2)C1Oc1ccc2nc(Nc3ccc(Br)cc3)[nH]c2c1. The van der Waals surface area contributed by atoms with Gasteiger partial charge in [-0.05, 0) is 48.5 Å². The largest absolute Gasteiger partial charge is 0.486 e. The Hall–Kier alpha value is -3.47. The van der Waals surface area contributed by atoms with Gasteiger partial charge in [-0.25, -0.2) is 4.98 Å². The van der Waals surface area contributed by atoms with E-state index in [4.69, 9.17) is 9.47 Å². The molecule has 1 unspecified atom stereocenters. The van der Waals surface area contributed by atoms with Crippen LogP contribution in [0.15, 0.2) is 71.3 Å². The Labute approximate surface area is 210 Å². The van der Waals surface area contributed by atoms with Crippen LogP contribution in [-0.2, 0) is 4.74 Å². The van der Waals surface area contributed by atoms with Gasteiger partial charge in [0.05, 0.1) is 29.7 Å². The van der Waals surface area contributed by atoms with Gasteiger partial charge in [0.25, 0.3) is 5.91 Å². The second kappa shape index (κ2) is 10.4. The van der Waals surface area contributed by atoms with Gasteiger partial charge < -0.3 is 30.4 Å². The van der Waals surface area contributed by atoms with Crippen LogP contribution >= 0.6 is 15.9 Å². The summed E-state index contributed by atoms with van der Waals surface area (Å²) in [5, 5.41) is 9.71. The highest BCUT2D eigenvalue weighted by molar-refractivity contribution is 9.10. The predicted octanol–water partition coefficient (Wildman–Crippen LogP) is 3.63. The lowest BCUT2D eigenvalue weighted by atomic mass is 10.1. The average molecular weight is 537 g/mol. The molecule has 0 spiro atoms. The molecule has 3 heterocycles. The molecule has 2 aromatic heterocycles. The molecule has 0 radical (unpaired) electrons. The Morgan fingerprint density at radius 1 is 1.17 bits per heavy atom. The van der Waals surface area contributed by atoms with E-state index in [1.807, 2.05) is 42.5 Å². The van der Waals surface area contributed by atoms with Gasteiger partial charge in [-0.1, -0.05) is 22.0 Å². The predicted molar refractivity (Wildman–Crippen MR) is 137 cm³/mol. The number of ether oxygens (including phenoxy) is 2. The molecule has 35 heavy (non-hydrogen) atoms. The number of rotatable bonds is 8. The maximum atomic E-state index is 12.7. The maximum absolute atomic E-state index is 12.7. The van der Waals surface area contributed by atoms with Crippen molar-refractivity contribution in [2.75, 3.05) is 25.6 Å². The lowest BCUT2D eigenvalue weighted by Crippen LogP contribution is -2.48. The zero-order valence-corrected chi connectivity index (χ0v) is 20.6. The number of fused-ring (bicyclic) bond motifs is 1. The molecule has 1 aliphatic rings. The summed E-state index contributed by atoms with van der Waals surface area (Å²) < 4.78 is 12.8. The second-order valence-electron chi connectivity index (χ2n) is 8.24. The summed E-state index contributed by atoms with van der Waals surface area (Å²) in [6, 6.07) is 18.5. The van der Waals surface area contributed by atoms with Crippen LogP contribution in [0.2, 0.25) is 0 Å². The van der Waals surface area contributed by atoms with Gasteiger partial charge in [0.1, 0.15) is 17.5 Å². The molecule has 0 aliphatic carbocycles. The van der Waals surface area contributed by atoms with Gasteiger partial charge in [0, 0.05) is 36.1 Å². The number of amides is 1. The molecule has 1 saturated heterocycles. The number of aromatic nitrogens is 3. The van der Waals surface area contributed by atoms with E-state index in [1.165, 1.54) is 0 Å². The van der Waals surface area contributed by atoms with Crippen molar-refractivity contribution in [1.29, 1.82) is 0 Å². The summed E-state index contributed by atoms with van der Waals surface area (Å²) in [4.78, 5) is 24.7. The van der Waals surface area contributed by atoms with E-state index in [9.17, 15) is 4.79 Å². The van der Waals surface area contributed by atoms with Crippen LogP contribution in [0.4, 0.5) is 11.6 Å². The Morgan fingerprint density at radius 2 is 2.03 bits per heavy atom. The number of H-pyrrole nitrogens is 1. The third kappa shape index (κ3) is 5.45. The smallest absolute Gasteiger partial charge is 0.270 e. The Bertz CT molecular complexity index is 1300. The number of halogens is 1. The number of methoxy groups -OCH3 is 1. The molecule has 180 valence electrons. The highest BCUT2D eigenvalue weighted by Gasteiger charge is 2.39. The summed E-state index contributed by atoms with van der Waals surface area (Å²) in [7, 11) is 1.65. The Kier molecular flexibility index (Phi) is 6.94. The van der Waals surface area contributed by atoms with E-state index in [-0.39, 0.29) is 24.1 Å². The van der Waals surface area contributed by atoms with Gasteiger partial charge >= 0.3 is 0 Å². The first kappa shape index (κ1) is 23.3. The van der Waals surface area contributed by atoms with Crippen molar-refractivity contribution in [3.05, 3.63) is 77.0 Å². The number of hydrogen-bond acceptors (Lipinski definition) is 7. The Morgan fingerprint density at radius 3 is 2.80 bits per heavy atom. The number of carbonyl (C=O) groups is 1. The average Bonchev–Trinajstić information content (AvgIpc) is 3.44. The molecule has 5 rings (SSSR count). The van der Waals surface area contributed by atoms with E-state index in [1.54, 1.807) is 31.5 Å². The minimum Gasteiger partial charge on any atom is -0.486 e. The molecule has 3 atom stereocenters. The van der Waals surface area contributed by atoms with Gasteiger partial charge in [0.2, 0.25) is 5.95 Å². The molecule has 0 saturated carbocycles. The fraction of sp³-hybridized carbons (Fsp3) is 0.240. The molecule has 0 bridgehead atoms. The van der Waals surface area contributed by atoms with E-state index in [0.717, 1.165) is 21.2 Å². The fourth-order valence-electron chi connectivity index (χ4n) is 4.11. The molecular formula is C25H25BrN6O3. The lowest BCUT2D eigenvalue weighted by Gasteiger charge is -2.25. The van der Waals surface area contributed by atoms with Gasteiger partial charge in [-0.15, -0.1) is 0 Å². The van der Waals surface area contributed by atoms with Gasteiger partial charge in [-0.3, -0.25) is 9.78 Å². The number of anilines is 2. The van der Waals surface area contributed by atoms with Gasteiger partial charge in [-0.2, -0.15) is 0 Å². The Balaban J connectivity index is 1.32. The van der Waals surface area contributed by atoms with Crippen LogP contribution in [0.1, 0.15) is 10.5 Å². The highest BCUT2D eigenvalue weighted by atomic mass is 79.9. The number of hydrogen-bond donors (Lipinski definition) is 4. The van der Waals surface area contributed by atoms with Crippen molar-refractivity contribution in [3.8, 4) is 5.75 Å². The molecule has 10 heteroatoms. The molecular weight excluding hydrogens is 512 g/mol. The van der Waals surface area contributed by atoms with E-state index in [2.05, 4.69) is 46.8 Å². The zero-order chi connectivity index (χ0) is 24.2. The molecule has 4 N–H and O–H groups in total. The van der Waals surface area contributed by atoms with Crippen molar-refractivity contribution in [2.24, 2.45) is 0 Å². The zero-order valence-electron chi connectivity index (χ0n) is 19.0. The topological polar surface area (TPSA) is 113 Å². The first-order chi connectivity index (χ1) is 17.1. The second-order valence-corrected chi connectivity index (χ2v) is 9.16. The fourth-order valence-corrected chi connectivity index (χ4v) is 4.37. The van der Waals surface area contributed by atoms with Gasteiger partial charge in [0.15, 0.2) is 0 Å². The first-order valence-electron chi connectivity index (χ1n) is 11.2. The quantitative estimate of drug-likeness (QED) is 0.272. The van der Waals surface area contributed by atoms with Crippen molar-refractivity contribution < 1.29 is 14.3 Å². The number of carbonyl (C=O) groups excluding carboxylic acids is 1. The summed E-state index contributed by atoms with van der Waals surface area (Å²) in [6.07, 6.45) is 1.27. The molecule has 4 aromatic rings. The number of imidazole rings is 1. The van der Waals surface area contributed by atoms with Crippen LogP contribution in [0.5, 0.6) is 5.75 Å².